The predicted octanol–water partition coefficient (Wildman–Crippen LogP) is 1.85. The largest absolute Gasteiger partial charge is 0.338 e. The van der Waals surface area contributed by atoms with Crippen LogP contribution in [0.25, 0.3) is 0 Å². The van der Waals surface area contributed by atoms with Crippen LogP contribution in [0.4, 0.5) is 4.79 Å². The molecule has 0 bridgehead atoms. The molecule has 2 rings (SSSR count). The average molecular weight is 286 g/mol. The zero-order valence-corrected chi connectivity index (χ0v) is 12.6. The number of hydrogen-bond acceptors (Lipinski definition) is 3. The predicted molar refractivity (Wildman–Crippen MR) is 81.7 cm³/mol. The molecule has 1 aliphatic rings. The van der Waals surface area contributed by atoms with E-state index in [1.807, 2.05) is 26.2 Å². The van der Waals surface area contributed by atoms with Gasteiger partial charge in [0.15, 0.2) is 0 Å². The lowest BCUT2D eigenvalue weighted by atomic mass is 10.1. The molecule has 1 aromatic heterocycles. The molecule has 0 saturated heterocycles. The summed E-state index contributed by atoms with van der Waals surface area (Å²) in [6.07, 6.45) is 12.2. The molecule has 112 valence electrons. The lowest BCUT2D eigenvalue weighted by Crippen LogP contribution is -2.44. The van der Waals surface area contributed by atoms with Crippen molar-refractivity contribution in [3.63, 3.8) is 0 Å². The number of aromatic nitrogens is 2. The minimum atomic E-state index is -0.244. The summed E-state index contributed by atoms with van der Waals surface area (Å²) in [6, 6.07) is -0.478. The van der Waals surface area contributed by atoms with E-state index in [4.69, 9.17) is 6.42 Å². The summed E-state index contributed by atoms with van der Waals surface area (Å²) in [4.78, 5) is 20.4. The second-order valence-corrected chi connectivity index (χ2v) is 5.76. The first kappa shape index (κ1) is 15.3. The Morgan fingerprint density at radius 3 is 2.62 bits per heavy atom. The minimum absolute atomic E-state index is 0.212. The summed E-state index contributed by atoms with van der Waals surface area (Å²) in [6.45, 7) is 4.49. The molecule has 1 atom stereocenters. The van der Waals surface area contributed by atoms with E-state index >= 15 is 0 Å². The van der Waals surface area contributed by atoms with E-state index in [0.717, 1.165) is 11.4 Å². The fraction of sp³-hybridized carbons (Fsp3) is 0.562. The van der Waals surface area contributed by atoms with Crippen LogP contribution in [0.5, 0.6) is 0 Å². The van der Waals surface area contributed by atoms with Gasteiger partial charge in [-0.3, -0.25) is 0 Å². The van der Waals surface area contributed by atoms with Crippen molar-refractivity contribution in [2.75, 3.05) is 6.54 Å². The van der Waals surface area contributed by atoms with Gasteiger partial charge in [-0.1, -0.05) is 19.8 Å². The lowest BCUT2D eigenvalue weighted by Gasteiger charge is -2.16. The maximum absolute atomic E-state index is 11.7. The van der Waals surface area contributed by atoms with Crippen LogP contribution in [0.3, 0.4) is 0 Å². The van der Waals surface area contributed by atoms with Crippen molar-refractivity contribution in [3.8, 4) is 12.3 Å². The fourth-order valence-electron chi connectivity index (χ4n) is 1.96. The van der Waals surface area contributed by atoms with E-state index in [2.05, 4.69) is 26.5 Å². The maximum atomic E-state index is 11.7. The van der Waals surface area contributed by atoms with E-state index in [9.17, 15) is 4.79 Å². The molecule has 1 saturated carbocycles. The van der Waals surface area contributed by atoms with E-state index in [1.54, 1.807) is 0 Å². The van der Waals surface area contributed by atoms with Gasteiger partial charge in [-0.25, -0.2) is 14.8 Å². The molecule has 1 fully saturated rings. The molecular formula is C16H22N4O. The Morgan fingerprint density at radius 2 is 2.10 bits per heavy atom. The third-order valence-electron chi connectivity index (χ3n) is 3.50. The summed E-state index contributed by atoms with van der Waals surface area (Å²) in [5.41, 5.74) is 1.03. The molecule has 0 radical (unpaired) electrons. The van der Waals surface area contributed by atoms with Crippen LogP contribution in [0.15, 0.2) is 12.4 Å². The minimum Gasteiger partial charge on any atom is -0.338 e. The van der Waals surface area contributed by atoms with Crippen molar-refractivity contribution >= 4 is 6.03 Å². The molecule has 2 N–H and O–H groups in total. The topological polar surface area (TPSA) is 66.9 Å². The molecule has 1 heterocycles. The smallest absolute Gasteiger partial charge is 0.315 e. The highest BCUT2D eigenvalue weighted by atomic mass is 16.2. The first-order valence-corrected chi connectivity index (χ1v) is 7.41. The van der Waals surface area contributed by atoms with Gasteiger partial charge < -0.3 is 10.6 Å². The Labute approximate surface area is 126 Å². The molecule has 1 aromatic rings. The number of terminal acetylenes is 1. The van der Waals surface area contributed by atoms with Crippen molar-refractivity contribution in [1.29, 1.82) is 0 Å². The summed E-state index contributed by atoms with van der Waals surface area (Å²) < 4.78 is 0. The van der Waals surface area contributed by atoms with E-state index in [1.165, 1.54) is 12.8 Å². The van der Waals surface area contributed by atoms with Gasteiger partial charge >= 0.3 is 6.03 Å². The van der Waals surface area contributed by atoms with E-state index < -0.39 is 0 Å². The van der Waals surface area contributed by atoms with Crippen LogP contribution < -0.4 is 10.6 Å². The summed E-state index contributed by atoms with van der Waals surface area (Å²) in [5.74, 6) is 4.30. The third-order valence-corrected chi connectivity index (χ3v) is 3.50. The maximum Gasteiger partial charge on any atom is 0.315 e. The fourth-order valence-corrected chi connectivity index (χ4v) is 1.96. The first-order valence-electron chi connectivity index (χ1n) is 7.41. The quantitative estimate of drug-likeness (QED) is 0.784. The molecule has 1 aliphatic carbocycles. The molecule has 5 heteroatoms. The molecular weight excluding hydrogens is 264 g/mol. The van der Waals surface area contributed by atoms with Crippen molar-refractivity contribution in [1.82, 2.24) is 20.6 Å². The molecule has 21 heavy (non-hydrogen) atoms. The van der Waals surface area contributed by atoms with Gasteiger partial charge in [0.05, 0.1) is 6.04 Å². The average Bonchev–Trinajstić information content (AvgIpc) is 3.30. The van der Waals surface area contributed by atoms with Crippen molar-refractivity contribution in [3.05, 3.63) is 23.8 Å². The zero-order valence-electron chi connectivity index (χ0n) is 12.6. The standard InChI is InChI=1S/C16H22N4O/c1-4-14(11(2)3)20-16(21)17-8-7-12-9-18-15(19-10-12)13-5-6-13/h1,9-11,13-14H,5-8H2,2-3H3,(H2,17,20,21)/t14-/m1/s1. The van der Waals surface area contributed by atoms with Crippen LogP contribution in [-0.4, -0.2) is 28.6 Å². The Morgan fingerprint density at radius 1 is 1.43 bits per heavy atom. The highest BCUT2D eigenvalue weighted by Crippen LogP contribution is 2.37. The third kappa shape index (κ3) is 4.75. The van der Waals surface area contributed by atoms with Gasteiger partial charge in [-0.2, -0.15) is 0 Å². The van der Waals surface area contributed by atoms with Crippen molar-refractivity contribution in [2.45, 2.75) is 45.1 Å². The second-order valence-electron chi connectivity index (χ2n) is 5.76. The normalized spacial score (nSPS) is 15.3. The Kier molecular flexibility index (Phi) is 5.15. The van der Waals surface area contributed by atoms with E-state index in [0.29, 0.717) is 18.9 Å². The van der Waals surface area contributed by atoms with E-state index in [-0.39, 0.29) is 18.0 Å². The molecule has 2 amide bonds. The monoisotopic (exact) mass is 286 g/mol. The Balaban J connectivity index is 1.71. The number of nitrogens with one attached hydrogen (secondary N) is 2. The Hall–Kier alpha value is -2.09. The number of nitrogens with zero attached hydrogens (tertiary/aromatic N) is 2. The second kappa shape index (κ2) is 7.07. The highest BCUT2D eigenvalue weighted by Gasteiger charge is 2.26. The van der Waals surface area contributed by atoms with Gasteiger partial charge in [0.2, 0.25) is 0 Å². The van der Waals surface area contributed by atoms with Gasteiger partial charge in [0, 0.05) is 24.9 Å². The van der Waals surface area contributed by atoms with Crippen LogP contribution in [0, 0.1) is 18.3 Å². The van der Waals surface area contributed by atoms with Gasteiger partial charge in [-0.05, 0) is 30.7 Å². The molecule has 5 nitrogen and oxygen atoms in total. The number of carbonyl (C=O) groups excluding carboxylic acids is 1. The van der Waals surface area contributed by atoms with Crippen LogP contribution in [-0.2, 0) is 6.42 Å². The molecule has 0 unspecified atom stereocenters. The van der Waals surface area contributed by atoms with Crippen molar-refractivity contribution < 1.29 is 4.79 Å². The van der Waals surface area contributed by atoms with Crippen LogP contribution >= 0.6 is 0 Å². The highest BCUT2D eigenvalue weighted by molar-refractivity contribution is 5.74. The lowest BCUT2D eigenvalue weighted by molar-refractivity contribution is 0.237. The Bertz CT molecular complexity index is 514. The van der Waals surface area contributed by atoms with Crippen molar-refractivity contribution in [2.24, 2.45) is 5.92 Å². The summed E-state index contributed by atoms with van der Waals surface area (Å²) in [5, 5.41) is 5.57. The molecule has 0 aliphatic heterocycles. The van der Waals surface area contributed by atoms with Gasteiger partial charge in [0.25, 0.3) is 0 Å². The van der Waals surface area contributed by atoms with Crippen LogP contribution in [0.1, 0.15) is 44.0 Å². The van der Waals surface area contributed by atoms with Gasteiger partial charge in [-0.15, -0.1) is 6.42 Å². The summed E-state index contributed by atoms with van der Waals surface area (Å²) in [7, 11) is 0. The number of amides is 2. The number of rotatable bonds is 6. The molecule has 0 aromatic carbocycles. The van der Waals surface area contributed by atoms with Gasteiger partial charge in [0.1, 0.15) is 5.82 Å². The number of carbonyl (C=O) groups is 1. The van der Waals surface area contributed by atoms with Crippen LogP contribution in [0.2, 0.25) is 0 Å². The first-order chi connectivity index (χ1) is 10.1. The zero-order chi connectivity index (χ0) is 15.2. The molecule has 0 spiro atoms. The number of urea groups is 1. The SMILES string of the molecule is C#C[C@@H](NC(=O)NCCc1cnc(C2CC2)nc1)C(C)C. The summed E-state index contributed by atoms with van der Waals surface area (Å²) >= 11 is 0. The number of hydrogen-bond donors (Lipinski definition) is 2.